The molecule has 1 aromatic rings. The predicted octanol–water partition coefficient (Wildman–Crippen LogP) is 3.98. The molecule has 3 rings (SSSR count). The van der Waals surface area contributed by atoms with Crippen LogP contribution in [-0.4, -0.2) is 11.5 Å². The van der Waals surface area contributed by atoms with E-state index in [1.807, 2.05) is 0 Å². The summed E-state index contributed by atoms with van der Waals surface area (Å²) < 4.78 is 0.523. The fourth-order valence-electron chi connectivity index (χ4n) is 3.14. The molecule has 0 aromatic heterocycles. The van der Waals surface area contributed by atoms with Crippen molar-refractivity contribution in [1.29, 1.82) is 0 Å². The quantitative estimate of drug-likeness (QED) is 0.518. The molecule has 1 fully saturated rings. The molecule has 0 aliphatic heterocycles. The number of allylic oxidation sites excluding steroid dienone is 2. The second kappa shape index (κ2) is 4.96. The van der Waals surface area contributed by atoms with E-state index in [9.17, 15) is 10.1 Å². The molecule has 19 heavy (non-hydrogen) atoms. The summed E-state index contributed by atoms with van der Waals surface area (Å²) in [5.41, 5.74) is 1.04. The van der Waals surface area contributed by atoms with E-state index < -0.39 is 0 Å². The summed E-state index contributed by atoms with van der Waals surface area (Å²) in [5.74, 6) is 2.20. The third kappa shape index (κ3) is 2.52. The van der Waals surface area contributed by atoms with Gasteiger partial charge >= 0.3 is 0 Å². The number of halogens is 1. The Balaban J connectivity index is 1.63. The van der Waals surface area contributed by atoms with Crippen molar-refractivity contribution in [2.24, 2.45) is 17.8 Å². The van der Waals surface area contributed by atoms with Crippen LogP contribution in [0, 0.1) is 27.9 Å². The maximum atomic E-state index is 10.7. The van der Waals surface area contributed by atoms with Crippen LogP contribution >= 0.6 is 15.9 Å². The minimum absolute atomic E-state index is 0.105. The van der Waals surface area contributed by atoms with Crippen LogP contribution in [-0.2, 0) is 0 Å². The summed E-state index contributed by atoms with van der Waals surface area (Å²) in [5, 5.41) is 14.1. The molecule has 5 heteroatoms. The van der Waals surface area contributed by atoms with Gasteiger partial charge in [-0.3, -0.25) is 10.1 Å². The van der Waals surface area contributed by atoms with Gasteiger partial charge in [-0.15, -0.1) is 0 Å². The van der Waals surface area contributed by atoms with Crippen molar-refractivity contribution >= 4 is 27.3 Å². The van der Waals surface area contributed by atoms with Crippen LogP contribution in [0.5, 0.6) is 0 Å². The first-order valence-electron chi connectivity index (χ1n) is 6.49. The Morgan fingerprint density at radius 3 is 2.79 bits per heavy atom. The highest BCUT2D eigenvalue weighted by molar-refractivity contribution is 9.10. The molecule has 0 heterocycles. The molecule has 0 amide bonds. The largest absolute Gasteiger partial charge is 0.385 e. The van der Waals surface area contributed by atoms with Gasteiger partial charge in [0.15, 0.2) is 0 Å². The Labute approximate surface area is 120 Å². The van der Waals surface area contributed by atoms with E-state index in [-0.39, 0.29) is 10.6 Å². The Morgan fingerprint density at radius 2 is 2.21 bits per heavy atom. The molecule has 1 saturated carbocycles. The molecule has 3 atom stereocenters. The zero-order chi connectivity index (χ0) is 13.4. The summed E-state index contributed by atoms with van der Waals surface area (Å²) in [6, 6.07) is 5.08. The number of nitro groups is 1. The van der Waals surface area contributed by atoms with E-state index >= 15 is 0 Å². The Morgan fingerprint density at radius 1 is 1.37 bits per heavy atom. The maximum absolute atomic E-state index is 10.7. The lowest BCUT2D eigenvalue weighted by Crippen LogP contribution is -2.18. The van der Waals surface area contributed by atoms with E-state index in [0.717, 1.165) is 24.1 Å². The number of nitrogens with zero attached hydrogens (tertiary/aromatic N) is 1. The highest BCUT2D eigenvalue weighted by Crippen LogP contribution is 2.43. The monoisotopic (exact) mass is 322 g/mol. The molecule has 100 valence electrons. The number of nitro benzene ring substituents is 1. The number of rotatable bonds is 4. The topological polar surface area (TPSA) is 55.2 Å². The van der Waals surface area contributed by atoms with Crippen molar-refractivity contribution in [3.05, 3.63) is 44.9 Å². The summed E-state index contributed by atoms with van der Waals surface area (Å²) in [7, 11) is 0. The molecule has 3 unspecified atom stereocenters. The molecule has 4 nitrogen and oxygen atoms in total. The SMILES string of the molecule is O=[N+]([O-])c1ccc(NCC2CC3C=CC2C3)cc1Br. The fourth-order valence-corrected chi connectivity index (χ4v) is 3.67. The minimum atomic E-state index is -0.380. The molecule has 2 aliphatic carbocycles. The molecule has 2 bridgehead atoms. The third-order valence-electron chi connectivity index (χ3n) is 4.13. The molecule has 1 aromatic carbocycles. The number of hydrogen-bond donors (Lipinski definition) is 1. The van der Waals surface area contributed by atoms with Gasteiger partial charge < -0.3 is 5.32 Å². The Hall–Kier alpha value is -1.36. The molecule has 0 saturated heterocycles. The Bertz CT molecular complexity index is 544. The first-order valence-corrected chi connectivity index (χ1v) is 7.29. The normalized spacial score (nSPS) is 27.7. The average Bonchev–Trinajstić information content (AvgIpc) is 2.98. The van der Waals surface area contributed by atoms with Crippen molar-refractivity contribution in [2.75, 3.05) is 11.9 Å². The Kier molecular flexibility index (Phi) is 3.31. The minimum Gasteiger partial charge on any atom is -0.385 e. The van der Waals surface area contributed by atoms with E-state index in [1.54, 1.807) is 12.1 Å². The second-order valence-electron chi connectivity index (χ2n) is 5.34. The van der Waals surface area contributed by atoms with Gasteiger partial charge in [0, 0.05) is 18.3 Å². The van der Waals surface area contributed by atoms with Gasteiger partial charge in [0.2, 0.25) is 0 Å². The summed E-state index contributed by atoms with van der Waals surface area (Å²) in [6.45, 7) is 0.940. The summed E-state index contributed by atoms with van der Waals surface area (Å²) in [6.07, 6.45) is 7.24. The highest BCUT2D eigenvalue weighted by Gasteiger charge is 2.35. The maximum Gasteiger partial charge on any atom is 0.283 e. The van der Waals surface area contributed by atoms with Crippen LogP contribution in [0.15, 0.2) is 34.8 Å². The first-order chi connectivity index (χ1) is 9.13. The summed E-state index contributed by atoms with van der Waals surface area (Å²) in [4.78, 5) is 10.4. The van der Waals surface area contributed by atoms with Gasteiger partial charge in [0.1, 0.15) is 0 Å². The standard InChI is InChI=1S/C14H15BrN2O2/c15-13-7-12(3-4-14(13)17(18)19)16-8-11-6-9-1-2-10(11)5-9/h1-4,7,9-11,16H,5-6,8H2. The average molecular weight is 323 g/mol. The number of benzene rings is 1. The van der Waals surface area contributed by atoms with E-state index in [2.05, 4.69) is 33.4 Å². The zero-order valence-corrected chi connectivity index (χ0v) is 12.0. The molecular weight excluding hydrogens is 308 g/mol. The van der Waals surface area contributed by atoms with Crippen LogP contribution in [0.1, 0.15) is 12.8 Å². The molecular formula is C14H15BrN2O2. The van der Waals surface area contributed by atoms with E-state index in [1.165, 1.54) is 18.9 Å². The zero-order valence-electron chi connectivity index (χ0n) is 10.4. The van der Waals surface area contributed by atoms with Crippen molar-refractivity contribution in [1.82, 2.24) is 0 Å². The van der Waals surface area contributed by atoms with Gasteiger partial charge in [-0.25, -0.2) is 0 Å². The van der Waals surface area contributed by atoms with E-state index in [4.69, 9.17) is 0 Å². The first kappa shape index (κ1) is 12.7. The van der Waals surface area contributed by atoms with Crippen LogP contribution in [0.4, 0.5) is 11.4 Å². The smallest absolute Gasteiger partial charge is 0.283 e. The lowest BCUT2D eigenvalue weighted by Gasteiger charge is -2.19. The highest BCUT2D eigenvalue weighted by atomic mass is 79.9. The second-order valence-corrected chi connectivity index (χ2v) is 6.20. The van der Waals surface area contributed by atoms with Crippen molar-refractivity contribution in [2.45, 2.75) is 12.8 Å². The van der Waals surface area contributed by atoms with Crippen molar-refractivity contribution < 1.29 is 4.92 Å². The van der Waals surface area contributed by atoms with Gasteiger partial charge in [-0.2, -0.15) is 0 Å². The fraction of sp³-hybridized carbons (Fsp3) is 0.429. The lowest BCUT2D eigenvalue weighted by atomic mass is 9.93. The number of anilines is 1. The van der Waals surface area contributed by atoms with Gasteiger partial charge in [-0.1, -0.05) is 12.2 Å². The van der Waals surface area contributed by atoms with Gasteiger partial charge in [0.25, 0.3) is 5.69 Å². The van der Waals surface area contributed by atoms with Crippen LogP contribution in [0.25, 0.3) is 0 Å². The van der Waals surface area contributed by atoms with Crippen molar-refractivity contribution in [3.63, 3.8) is 0 Å². The van der Waals surface area contributed by atoms with Gasteiger partial charge in [0.05, 0.1) is 9.40 Å². The molecule has 0 radical (unpaired) electrons. The number of fused-ring (bicyclic) bond motifs is 2. The number of hydrogen-bond acceptors (Lipinski definition) is 3. The van der Waals surface area contributed by atoms with Crippen LogP contribution in [0.2, 0.25) is 0 Å². The van der Waals surface area contributed by atoms with Gasteiger partial charge in [-0.05, 0) is 58.7 Å². The van der Waals surface area contributed by atoms with Crippen LogP contribution < -0.4 is 5.32 Å². The van der Waals surface area contributed by atoms with E-state index in [0.29, 0.717) is 10.4 Å². The third-order valence-corrected chi connectivity index (χ3v) is 4.76. The molecule has 2 aliphatic rings. The van der Waals surface area contributed by atoms with Crippen molar-refractivity contribution in [3.8, 4) is 0 Å². The molecule has 0 spiro atoms. The summed E-state index contributed by atoms with van der Waals surface area (Å²) >= 11 is 3.24. The predicted molar refractivity (Wildman–Crippen MR) is 78.1 cm³/mol. The lowest BCUT2D eigenvalue weighted by molar-refractivity contribution is -0.385. The number of nitrogens with one attached hydrogen (secondary N) is 1. The van der Waals surface area contributed by atoms with Crippen LogP contribution in [0.3, 0.4) is 0 Å². The molecule has 1 N–H and O–H groups in total.